The van der Waals surface area contributed by atoms with Crippen molar-refractivity contribution >= 4 is 5.91 Å². The van der Waals surface area contributed by atoms with Crippen LogP contribution in [0.1, 0.15) is 44.9 Å². The first-order chi connectivity index (χ1) is 10.5. The van der Waals surface area contributed by atoms with Crippen molar-refractivity contribution in [2.24, 2.45) is 7.05 Å². The third-order valence-electron chi connectivity index (χ3n) is 4.76. The number of aromatic nitrogens is 3. The van der Waals surface area contributed by atoms with Gasteiger partial charge in [0.05, 0.1) is 6.04 Å². The van der Waals surface area contributed by atoms with E-state index in [-0.39, 0.29) is 17.6 Å². The fourth-order valence-corrected chi connectivity index (χ4v) is 3.04. The highest BCUT2D eigenvalue weighted by atomic mass is 16.2. The Hall–Kier alpha value is -1.63. The number of carbonyl (C=O) groups excluding carboxylic acids is 1. The molecule has 1 atom stereocenters. The maximum atomic E-state index is 12.3. The number of hydrogen-bond acceptors (Lipinski definition) is 4. The molecular weight excluding hydrogens is 282 g/mol. The quantitative estimate of drug-likeness (QED) is 0.798. The van der Waals surface area contributed by atoms with Crippen LogP contribution < -0.4 is 11.0 Å². The van der Waals surface area contributed by atoms with Gasteiger partial charge in [0.15, 0.2) is 0 Å². The molecule has 1 aliphatic rings. The zero-order valence-electron chi connectivity index (χ0n) is 13.8. The molecule has 1 saturated carbocycles. The maximum absolute atomic E-state index is 12.3. The fraction of sp³-hybridized carbons (Fsp3) is 0.800. The number of nitrogens with one attached hydrogen (secondary N) is 2. The second kappa shape index (κ2) is 7.58. The average molecular weight is 309 g/mol. The molecule has 2 N–H and O–H groups in total. The molecule has 1 aliphatic carbocycles. The lowest BCUT2D eigenvalue weighted by atomic mass is 9.93. The van der Waals surface area contributed by atoms with Gasteiger partial charge in [-0.2, -0.15) is 5.10 Å². The summed E-state index contributed by atoms with van der Waals surface area (Å²) in [5, 5.41) is 9.26. The van der Waals surface area contributed by atoms with E-state index in [0.29, 0.717) is 24.8 Å². The Morgan fingerprint density at radius 1 is 1.45 bits per heavy atom. The Balaban J connectivity index is 1.78. The second-order valence-electron chi connectivity index (χ2n) is 6.18. The van der Waals surface area contributed by atoms with Gasteiger partial charge in [0, 0.05) is 26.1 Å². The van der Waals surface area contributed by atoms with E-state index in [2.05, 4.69) is 20.4 Å². The highest BCUT2D eigenvalue weighted by Gasteiger charge is 2.25. The normalized spacial score (nSPS) is 17.6. The molecule has 124 valence electrons. The summed E-state index contributed by atoms with van der Waals surface area (Å²) < 4.78 is 1.46. The van der Waals surface area contributed by atoms with Crippen LogP contribution in [-0.2, 0) is 18.3 Å². The topological polar surface area (TPSA) is 83.0 Å². The number of hydrogen-bond donors (Lipinski definition) is 2. The fourth-order valence-electron chi connectivity index (χ4n) is 3.04. The number of carbonyl (C=O) groups is 1. The van der Waals surface area contributed by atoms with Crippen LogP contribution in [0.15, 0.2) is 4.79 Å². The molecule has 1 fully saturated rings. The lowest BCUT2D eigenvalue weighted by Gasteiger charge is -2.34. The van der Waals surface area contributed by atoms with E-state index < -0.39 is 0 Å². The molecule has 0 radical (unpaired) electrons. The Morgan fingerprint density at radius 2 is 2.14 bits per heavy atom. The van der Waals surface area contributed by atoms with Crippen molar-refractivity contribution < 1.29 is 4.79 Å². The van der Waals surface area contributed by atoms with Crippen molar-refractivity contribution in [3.63, 3.8) is 0 Å². The van der Waals surface area contributed by atoms with E-state index >= 15 is 0 Å². The van der Waals surface area contributed by atoms with Gasteiger partial charge in [-0.05, 0) is 26.8 Å². The number of nitrogens with zero attached hydrogens (tertiary/aromatic N) is 3. The molecule has 0 spiro atoms. The molecule has 7 heteroatoms. The molecule has 0 unspecified atom stereocenters. The molecule has 2 rings (SSSR count). The zero-order valence-corrected chi connectivity index (χ0v) is 13.8. The van der Waals surface area contributed by atoms with Crippen molar-refractivity contribution in [2.45, 2.75) is 57.5 Å². The second-order valence-corrected chi connectivity index (χ2v) is 6.18. The summed E-state index contributed by atoms with van der Waals surface area (Å²) in [4.78, 5) is 25.7. The van der Waals surface area contributed by atoms with Gasteiger partial charge in [-0.25, -0.2) is 9.89 Å². The lowest BCUT2D eigenvalue weighted by Crippen LogP contribution is -2.48. The number of H-pyrrole nitrogens is 1. The molecule has 7 nitrogen and oxygen atoms in total. The van der Waals surface area contributed by atoms with Crippen LogP contribution in [0.5, 0.6) is 0 Å². The summed E-state index contributed by atoms with van der Waals surface area (Å²) in [5.41, 5.74) is -0.230. The van der Waals surface area contributed by atoms with Crippen LogP contribution in [0.3, 0.4) is 0 Å². The minimum Gasteiger partial charge on any atom is -0.354 e. The van der Waals surface area contributed by atoms with Crippen LogP contribution in [-0.4, -0.2) is 51.2 Å². The van der Waals surface area contributed by atoms with Gasteiger partial charge < -0.3 is 5.32 Å². The van der Waals surface area contributed by atoms with Gasteiger partial charge in [-0.1, -0.05) is 19.3 Å². The van der Waals surface area contributed by atoms with Crippen molar-refractivity contribution in [2.75, 3.05) is 13.6 Å². The monoisotopic (exact) mass is 309 g/mol. The first-order valence-electron chi connectivity index (χ1n) is 8.10. The molecule has 1 amide bonds. The number of amides is 1. The van der Waals surface area contributed by atoms with Crippen molar-refractivity contribution in [1.82, 2.24) is 25.0 Å². The molecule has 1 aromatic heterocycles. The Kier molecular flexibility index (Phi) is 5.76. The van der Waals surface area contributed by atoms with Gasteiger partial charge >= 0.3 is 5.69 Å². The van der Waals surface area contributed by atoms with Crippen LogP contribution in [0.2, 0.25) is 0 Å². The summed E-state index contributed by atoms with van der Waals surface area (Å²) in [6.45, 7) is 2.44. The molecule has 22 heavy (non-hydrogen) atoms. The van der Waals surface area contributed by atoms with Gasteiger partial charge in [0.2, 0.25) is 5.91 Å². The predicted octanol–water partition coefficient (Wildman–Crippen LogP) is 0.420. The first kappa shape index (κ1) is 16.7. The maximum Gasteiger partial charge on any atom is 0.343 e. The third-order valence-corrected chi connectivity index (χ3v) is 4.76. The van der Waals surface area contributed by atoms with Crippen molar-refractivity contribution in [3.05, 3.63) is 16.3 Å². The highest BCUT2D eigenvalue weighted by molar-refractivity contribution is 5.81. The summed E-state index contributed by atoms with van der Waals surface area (Å²) in [7, 11) is 3.71. The average Bonchev–Trinajstić information content (AvgIpc) is 2.86. The van der Waals surface area contributed by atoms with Crippen molar-refractivity contribution in [3.8, 4) is 0 Å². The zero-order chi connectivity index (χ0) is 16.1. The number of aromatic amines is 1. The molecule has 1 heterocycles. The SMILES string of the molecule is C[C@@H](C(=O)NCCc1n[nH]c(=O)n1C)N(C)C1CCCCC1. The number of likely N-dealkylation sites (N-methyl/N-ethyl adjacent to an activating group) is 1. The Morgan fingerprint density at radius 3 is 2.73 bits per heavy atom. The summed E-state index contributed by atoms with van der Waals surface area (Å²) >= 11 is 0. The van der Waals surface area contributed by atoms with E-state index in [1.807, 2.05) is 14.0 Å². The van der Waals surface area contributed by atoms with Gasteiger partial charge in [-0.3, -0.25) is 14.3 Å². The Labute approximate surface area is 131 Å². The first-order valence-corrected chi connectivity index (χ1v) is 8.10. The van der Waals surface area contributed by atoms with Crippen LogP contribution in [0, 0.1) is 0 Å². The molecule has 0 bridgehead atoms. The highest BCUT2D eigenvalue weighted by Crippen LogP contribution is 2.22. The van der Waals surface area contributed by atoms with Crippen LogP contribution in [0.4, 0.5) is 0 Å². The molecule has 1 aromatic rings. The van der Waals surface area contributed by atoms with Gasteiger partial charge in [0.25, 0.3) is 0 Å². The predicted molar refractivity (Wildman–Crippen MR) is 84.6 cm³/mol. The van der Waals surface area contributed by atoms with Crippen LogP contribution >= 0.6 is 0 Å². The van der Waals surface area contributed by atoms with E-state index in [1.165, 1.54) is 36.7 Å². The van der Waals surface area contributed by atoms with E-state index in [4.69, 9.17) is 0 Å². The van der Waals surface area contributed by atoms with Crippen LogP contribution in [0.25, 0.3) is 0 Å². The summed E-state index contributed by atoms with van der Waals surface area (Å²) in [6.07, 6.45) is 6.74. The van der Waals surface area contributed by atoms with Gasteiger partial charge in [-0.15, -0.1) is 0 Å². The number of rotatable bonds is 6. The van der Waals surface area contributed by atoms with E-state index in [1.54, 1.807) is 7.05 Å². The third kappa shape index (κ3) is 3.97. The molecule has 0 saturated heterocycles. The van der Waals surface area contributed by atoms with E-state index in [0.717, 1.165) is 0 Å². The molecular formula is C15H27N5O2. The largest absolute Gasteiger partial charge is 0.354 e. The Bertz CT molecular complexity index is 544. The smallest absolute Gasteiger partial charge is 0.343 e. The standard InChI is InChI=1S/C15H27N5O2/c1-11(19(2)12-7-5-4-6-8-12)14(21)16-10-9-13-17-18-15(22)20(13)3/h11-12H,4-10H2,1-3H3,(H,16,21)(H,18,22)/t11-/m0/s1. The summed E-state index contributed by atoms with van der Waals surface area (Å²) in [6, 6.07) is 0.382. The molecule has 0 aliphatic heterocycles. The minimum atomic E-state index is -0.230. The lowest BCUT2D eigenvalue weighted by molar-refractivity contribution is -0.126. The minimum absolute atomic E-state index is 0.0357. The van der Waals surface area contributed by atoms with Gasteiger partial charge in [0.1, 0.15) is 5.82 Å². The van der Waals surface area contributed by atoms with E-state index in [9.17, 15) is 9.59 Å². The summed E-state index contributed by atoms with van der Waals surface area (Å²) in [5.74, 6) is 0.687. The molecule has 0 aromatic carbocycles. The van der Waals surface area contributed by atoms with Crippen molar-refractivity contribution in [1.29, 1.82) is 0 Å².